The summed E-state index contributed by atoms with van der Waals surface area (Å²) in [5.41, 5.74) is 5.16. The number of carbonyl (C=O) groups is 2. The van der Waals surface area contributed by atoms with E-state index in [2.05, 4.69) is 23.5 Å². The van der Waals surface area contributed by atoms with Gasteiger partial charge in [-0.1, -0.05) is 30.3 Å². The van der Waals surface area contributed by atoms with Gasteiger partial charge in [0.2, 0.25) is 0 Å². The molecule has 0 fully saturated rings. The molecule has 2 aromatic carbocycles. The zero-order chi connectivity index (χ0) is 20.6. The molecule has 0 bridgehead atoms. The van der Waals surface area contributed by atoms with Gasteiger partial charge < -0.3 is 10.1 Å². The first kappa shape index (κ1) is 20.3. The monoisotopic (exact) mass is 388 g/mol. The fraction of sp³-hybridized carbons (Fsp3) is 0.292. The first-order valence-electron chi connectivity index (χ1n) is 9.81. The smallest absolute Gasteiger partial charge is 0.331 e. The second-order valence-corrected chi connectivity index (χ2v) is 7.20. The Labute approximate surface area is 171 Å². The molecule has 0 unspecified atom stereocenters. The van der Waals surface area contributed by atoms with E-state index in [4.69, 9.17) is 10.00 Å². The van der Waals surface area contributed by atoms with Gasteiger partial charge in [-0.15, -0.1) is 0 Å². The van der Waals surface area contributed by atoms with E-state index >= 15 is 0 Å². The van der Waals surface area contributed by atoms with Crippen molar-refractivity contribution in [2.75, 3.05) is 6.61 Å². The van der Waals surface area contributed by atoms with Crippen LogP contribution in [0.3, 0.4) is 0 Å². The third-order valence-electron chi connectivity index (χ3n) is 5.05. The zero-order valence-electron chi connectivity index (χ0n) is 16.5. The van der Waals surface area contributed by atoms with E-state index < -0.39 is 5.97 Å². The van der Waals surface area contributed by atoms with Crippen LogP contribution < -0.4 is 5.32 Å². The van der Waals surface area contributed by atoms with Crippen LogP contribution in [0.15, 0.2) is 48.5 Å². The van der Waals surface area contributed by atoms with Gasteiger partial charge >= 0.3 is 5.97 Å². The predicted octanol–water partition coefficient (Wildman–Crippen LogP) is 3.87. The molecule has 1 aliphatic rings. The van der Waals surface area contributed by atoms with Crippen molar-refractivity contribution in [3.8, 4) is 6.07 Å². The highest BCUT2D eigenvalue weighted by molar-refractivity contribution is 5.89. The second-order valence-electron chi connectivity index (χ2n) is 7.20. The van der Waals surface area contributed by atoms with Crippen LogP contribution >= 0.6 is 0 Å². The first-order valence-corrected chi connectivity index (χ1v) is 9.81. The Morgan fingerprint density at radius 3 is 2.59 bits per heavy atom. The molecular formula is C24H24N2O3. The lowest BCUT2D eigenvalue weighted by atomic mass is 9.89. The topological polar surface area (TPSA) is 79.2 Å². The summed E-state index contributed by atoms with van der Waals surface area (Å²) in [7, 11) is 0. The summed E-state index contributed by atoms with van der Waals surface area (Å²) in [4.78, 5) is 23.9. The van der Waals surface area contributed by atoms with Crippen LogP contribution in [0, 0.1) is 11.3 Å². The minimum atomic E-state index is -0.592. The quantitative estimate of drug-likeness (QED) is 0.602. The van der Waals surface area contributed by atoms with E-state index in [1.807, 2.05) is 13.0 Å². The van der Waals surface area contributed by atoms with Crippen molar-refractivity contribution in [3.63, 3.8) is 0 Å². The molecule has 1 aliphatic carbocycles. The van der Waals surface area contributed by atoms with Gasteiger partial charge in [-0.25, -0.2) is 4.79 Å². The van der Waals surface area contributed by atoms with Gasteiger partial charge in [-0.05, 0) is 73.1 Å². The highest BCUT2D eigenvalue weighted by atomic mass is 16.5. The number of ether oxygens (including phenoxy) is 1. The standard InChI is InChI=1S/C24H24N2O3/c1-17(21-12-11-20-4-2-3-5-22(20)14-21)26-23(27)16-29-24(28)13-10-18-6-8-19(15-25)9-7-18/h6-14,17H,2-5,16H2,1H3,(H,26,27)/b13-10+/t17-/m1/s1. The lowest BCUT2D eigenvalue weighted by Gasteiger charge is -2.20. The van der Waals surface area contributed by atoms with E-state index in [1.165, 1.54) is 30.0 Å². The number of benzene rings is 2. The highest BCUT2D eigenvalue weighted by Crippen LogP contribution is 2.24. The van der Waals surface area contributed by atoms with Crippen molar-refractivity contribution in [2.24, 2.45) is 0 Å². The molecule has 0 aromatic heterocycles. The van der Waals surface area contributed by atoms with Crippen LogP contribution in [-0.4, -0.2) is 18.5 Å². The molecule has 0 radical (unpaired) electrons. The fourth-order valence-corrected chi connectivity index (χ4v) is 3.41. The Balaban J connectivity index is 1.47. The SMILES string of the molecule is C[C@@H](NC(=O)COC(=O)/C=C/c1ccc(C#N)cc1)c1ccc2c(c1)CCCC2. The van der Waals surface area contributed by atoms with Gasteiger partial charge in [0, 0.05) is 6.08 Å². The largest absolute Gasteiger partial charge is 0.452 e. The van der Waals surface area contributed by atoms with E-state index in [-0.39, 0.29) is 18.6 Å². The Bertz CT molecular complexity index is 955. The molecule has 0 heterocycles. The predicted molar refractivity (Wildman–Crippen MR) is 111 cm³/mol. The van der Waals surface area contributed by atoms with Crippen molar-refractivity contribution in [3.05, 3.63) is 76.4 Å². The molecule has 0 saturated carbocycles. The Morgan fingerprint density at radius 2 is 1.86 bits per heavy atom. The third-order valence-corrected chi connectivity index (χ3v) is 5.05. The number of esters is 1. The molecule has 5 heteroatoms. The molecule has 0 aliphatic heterocycles. The van der Waals surface area contributed by atoms with Gasteiger partial charge in [0.15, 0.2) is 6.61 Å². The number of nitrogens with zero attached hydrogens (tertiary/aromatic N) is 1. The third kappa shape index (κ3) is 5.79. The number of hydrogen-bond acceptors (Lipinski definition) is 4. The average Bonchev–Trinajstić information content (AvgIpc) is 2.76. The average molecular weight is 388 g/mol. The van der Waals surface area contributed by atoms with Crippen LogP contribution in [0.25, 0.3) is 6.08 Å². The maximum atomic E-state index is 12.1. The molecule has 1 amide bonds. The summed E-state index contributed by atoms with van der Waals surface area (Å²) in [6, 6.07) is 15.1. The molecule has 148 valence electrons. The molecule has 2 aromatic rings. The second kappa shape index (κ2) is 9.70. The minimum absolute atomic E-state index is 0.150. The van der Waals surface area contributed by atoms with Gasteiger partial charge in [-0.3, -0.25) is 4.79 Å². The lowest BCUT2D eigenvalue weighted by molar-refractivity contribution is -0.144. The number of aryl methyl sites for hydroxylation is 2. The number of amides is 1. The summed E-state index contributed by atoms with van der Waals surface area (Å²) in [5, 5.41) is 11.6. The summed E-state index contributed by atoms with van der Waals surface area (Å²) in [6.45, 7) is 1.60. The van der Waals surface area contributed by atoms with Crippen LogP contribution in [0.4, 0.5) is 0 Å². The number of hydrogen-bond donors (Lipinski definition) is 1. The van der Waals surface area contributed by atoms with Crippen LogP contribution in [0.2, 0.25) is 0 Å². The normalized spacial score (nSPS) is 13.9. The molecule has 29 heavy (non-hydrogen) atoms. The first-order chi connectivity index (χ1) is 14.0. The zero-order valence-corrected chi connectivity index (χ0v) is 16.5. The Morgan fingerprint density at radius 1 is 1.14 bits per heavy atom. The van der Waals surface area contributed by atoms with Crippen LogP contribution in [0.1, 0.15) is 53.6 Å². The highest BCUT2D eigenvalue weighted by Gasteiger charge is 2.14. The van der Waals surface area contributed by atoms with Gasteiger partial charge in [0.1, 0.15) is 0 Å². The number of nitrogens with one attached hydrogen (secondary N) is 1. The fourth-order valence-electron chi connectivity index (χ4n) is 3.41. The molecule has 1 N–H and O–H groups in total. The minimum Gasteiger partial charge on any atom is -0.452 e. The van der Waals surface area contributed by atoms with Gasteiger partial charge in [0.25, 0.3) is 5.91 Å². The number of rotatable bonds is 6. The number of nitriles is 1. The van der Waals surface area contributed by atoms with E-state index in [0.717, 1.165) is 24.0 Å². The van der Waals surface area contributed by atoms with Crippen molar-refractivity contribution in [1.82, 2.24) is 5.32 Å². The summed E-state index contributed by atoms with van der Waals surface area (Å²) in [5.74, 6) is -0.929. The summed E-state index contributed by atoms with van der Waals surface area (Å²) >= 11 is 0. The van der Waals surface area contributed by atoms with Crippen molar-refractivity contribution < 1.29 is 14.3 Å². The molecule has 0 saturated heterocycles. The molecule has 1 atom stereocenters. The molecule has 5 nitrogen and oxygen atoms in total. The maximum absolute atomic E-state index is 12.1. The number of fused-ring (bicyclic) bond motifs is 1. The van der Waals surface area contributed by atoms with Crippen molar-refractivity contribution in [1.29, 1.82) is 5.26 Å². The van der Waals surface area contributed by atoms with E-state index in [0.29, 0.717) is 5.56 Å². The number of carbonyl (C=O) groups excluding carboxylic acids is 2. The van der Waals surface area contributed by atoms with Gasteiger partial charge in [0.05, 0.1) is 17.7 Å². The molecular weight excluding hydrogens is 364 g/mol. The van der Waals surface area contributed by atoms with Gasteiger partial charge in [-0.2, -0.15) is 5.26 Å². The molecule has 0 spiro atoms. The van der Waals surface area contributed by atoms with Crippen LogP contribution in [0.5, 0.6) is 0 Å². The molecule has 3 rings (SSSR count). The summed E-state index contributed by atoms with van der Waals surface area (Å²) in [6.07, 6.45) is 7.51. The lowest BCUT2D eigenvalue weighted by Crippen LogP contribution is -2.31. The van der Waals surface area contributed by atoms with Crippen molar-refractivity contribution >= 4 is 18.0 Å². The van der Waals surface area contributed by atoms with E-state index in [1.54, 1.807) is 30.3 Å². The summed E-state index contributed by atoms with van der Waals surface area (Å²) < 4.78 is 5.01. The van der Waals surface area contributed by atoms with E-state index in [9.17, 15) is 9.59 Å². The van der Waals surface area contributed by atoms with Crippen LogP contribution in [-0.2, 0) is 27.2 Å². The maximum Gasteiger partial charge on any atom is 0.331 e. The van der Waals surface area contributed by atoms with Crippen molar-refractivity contribution in [2.45, 2.75) is 38.6 Å². The Hall–Kier alpha value is -3.39. The Kier molecular flexibility index (Phi) is 6.80.